The lowest BCUT2D eigenvalue weighted by atomic mass is 9.99. The van der Waals surface area contributed by atoms with Crippen LogP contribution in [-0.4, -0.2) is 79.3 Å². The zero-order valence-corrected chi connectivity index (χ0v) is 22.1. The van der Waals surface area contributed by atoms with Crippen LogP contribution < -0.4 is 4.74 Å². The van der Waals surface area contributed by atoms with E-state index in [1.165, 1.54) is 4.90 Å². The highest BCUT2D eigenvalue weighted by Crippen LogP contribution is 2.33. The number of aromatic nitrogens is 4. The molecule has 2 amide bonds. The number of carbonyl (C=O) groups excluding carboxylic acids is 2. The van der Waals surface area contributed by atoms with Gasteiger partial charge in [-0.3, -0.25) is 9.69 Å². The molecule has 198 valence electrons. The topological polar surface area (TPSA) is 137 Å². The second-order valence-electron chi connectivity index (χ2n) is 10.9. The van der Waals surface area contributed by atoms with Gasteiger partial charge in [-0.25, -0.2) is 9.89 Å². The molecule has 2 aliphatic rings. The van der Waals surface area contributed by atoms with Gasteiger partial charge in [-0.15, -0.1) is 5.10 Å². The average Bonchev–Trinajstić information content (AvgIpc) is 3.61. The number of hydrogen-bond acceptors (Lipinski definition) is 8. The molecule has 11 nitrogen and oxygen atoms in total. The fourth-order valence-electron chi connectivity index (χ4n) is 4.98. The summed E-state index contributed by atoms with van der Waals surface area (Å²) in [6.45, 7) is 10.3. The van der Waals surface area contributed by atoms with E-state index in [4.69, 9.17) is 9.47 Å². The molecule has 37 heavy (non-hydrogen) atoms. The van der Waals surface area contributed by atoms with Gasteiger partial charge in [-0.05, 0) is 86.6 Å². The number of ether oxygens (including phenoxy) is 2. The van der Waals surface area contributed by atoms with Crippen molar-refractivity contribution in [3.63, 3.8) is 0 Å². The highest BCUT2D eigenvalue weighted by Gasteiger charge is 2.46. The number of tetrazole rings is 1. The predicted molar refractivity (Wildman–Crippen MR) is 134 cm³/mol. The quantitative estimate of drug-likeness (QED) is 0.623. The van der Waals surface area contributed by atoms with E-state index in [1.54, 1.807) is 25.7 Å². The summed E-state index contributed by atoms with van der Waals surface area (Å²) in [5.74, 6) is 1.25. The van der Waals surface area contributed by atoms with E-state index >= 15 is 0 Å². The van der Waals surface area contributed by atoms with E-state index in [9.17, 15) is 14.9 Å². The van der Waals surface area contributed by atoms with Crippen molar-refractivity contribution in [2.45, 2.75) is 89.9 Å². The van der Waals surface area contributed by atoms with Crippen LogP contribution in [0.2, 0.25) is 0 Å². The normalized spacial score (nSPS) is 21.8. The minimum atomic E-state index is -0.711. The SMILES string of the molecule is CC(C)c1cc(-c2nnn[nH]2)ccc1OCC1CC[C@@H](C(=O)N2CCC[C@H]2C#N)N1C(=O)OC(C)(C)C. The molecule has 0 saturated carbocycles. The Labute approximate surface area is 217 Å². The van der Waals surface area contributed by atoms with Gasteiger partial charge >= 0.3 is 6.09 Å². The average molecular weight is 510 g/mol. The van der Waals surface area contributed by atoms with Crippen LogP contribution in [0.3, 0.4) is 0 Å². The monoisotopic (exact) mass is 509 g/mol. The fourth-order valence-corrected chi connectivity index (χ4v) is 4.98. The van der Waals surface area contributed by atoms with Crippen LogP contribution >= 0.6 is 0 Å². The maximum Gasteiger partial charge on any atom is 0.411 e. The molecule has 2 aliphatic heterocycles. The molecule has 3 atom stereocenters. The number of nitrogens with zero attached hydrogens (tertiary/aromatic N) is 6. The Hall–Kier alpha value is -3.68. The van der Waals surface area contributed by atoms with Crippen molar-refractivity contribution >= 4 is 12.0 Å². The van der Waals surface area contributed by atoms with Crippen LogP contribution in [0.25, 0.3) is 11.4 Å². The number of carbonyl (C=O) groups is 2. The zero-order valence-electron chi connectivity index (χ0n) is 22.1. The second kappa shape index (κ2) is 10.7. The summed E-state index contributed by atoms with van der Waals surface area (Å²) < 4.78 is 12.0. The van der Waals surface area contributed by atoms with Gasteiger partial charge < -0.3 is 14.4 Å². The number of aromatic amines is 1. The van der Waals surface area contributed by atoms with E-state index in [0.29, 0.717) is 37.4 Å². The van der Waals surface area contributed by atoms with Crippen molar-refractivity contribution in [3.05, 3.63) is 23.8 Å². The lowest BCUT2D eigenvalue weighted by Crippen LogP contribution is -2.53. The molecule has 1 N–H and O–H groups in total. The van der Waals surface area contributed by atoms with Crippen LogP contribution in [0.1, 0.15) is 71.8 Å². The first-order chi connectivity index (χ1) is 17.6. The Bertz CT molecular complexity index is 1150. The van der Waals surface area contributed by atoms with Crippen molar-refractivity contribution in [3.8, 4) is 23.2 Å². The summed E-state index contributed by atoms with van der Waals surface area (Å²) in [6.07, 6.45) is 2.00. The van der Waals surface area contributed by atoms with Gasteiger partial charge in [0.1, 0.15) is 30.0 Å². The highest BCUT2D eigenvalue weighted by molar-refractivity contribution is 5.87. The van der Waals surface area contributed by atoms with Crippen molar-refractivity contribution in [1.82, 2.24) is 30.4 Å². The van der Waals surface area contributed by atoms with E-state index in [1.807, 2.05) is 18.2 Å². The summed E-state index contributed by atoms with van der Waals surface area (Å²) in [5, 5.41) is 23.5. The van der Waals surface area contributed by atoms with E-state index in [0.717, 1.165) is 17.5 Å². The maximum absolute atomic E-state index is 13.5. The molecular formula is C26H35N7O4. The highest BCUT2D eigenvalue weighted by atomic mass is 16.6. The first-order valence-electron chi connectivity index (χ1n) is 12.8. The number of nitriles is 1. The number of rotatable bonds is 6. The number of H-pyrrole nitrogens is 1. The molecule has 3 heterocycles. The molecule has 0 bridgehead atoms. The molecule has 4 rings (SSSR count). The number of likely N-dealkylation sites (tertiary alicyclic amines) is 2. The summed E-state index contributed by atoms with van der Waals surface area (Å²) >= 11 is 0. The molecule has 11 heteroatoms. The molecule has 0 aliphatic carbocycles. The van der Waals surface area contributed by atoms with Gasteiger partial charge in [0.15, 0.2) is 5.82 Å². The summed E-state index contributed by atoms with van der Waals surface area (Å²) in [6, 6.07) is 6.50. The Kier molecular flexibility index (Phi) is 7.66. The standard InChI is InChI=1S/C26H35N7O4/c1-16(2)20-13-17(23-28-30-31-29-23)8-11-22(20)36-15-19-9-10-21(33(19)25(35)37-26(3,4)5)24(34)32-12-6-7-18(32)14-27/h8,11,13,16,18-19,21H,6-7,9-10,12,15H2,1-5H3,(H,28,29,30,31)/t18-,19?,21-/m0/s1. The Morgan fingerprint density at radius 2 is 2.03 bits per heavy atom. The number of benzene rings is 1. The largest absolute Gasteiger partial charge is 0.491 e. The first kappa shape index (κ1) is 26.4. The first-order valence-corrected chi connectivity index (χ1v) is 12.8. The fraction of sp³-hybridized carbons (Fsp3) is 0.615. The molecule has 2 fully saturated rings. The van der Waals surface area contributed by atoms with Crippen LogP contribution in [0.5, 0.6) is 5.75 Å². The van der Waals surface area contributed by atoms with E-state index in [2.05, 4.69) is 40.5 Å². The third kappa shape index (κ3) is 5.84. The van der Waals surface area contributed by atoms with Crippen LogP contribution in [0.4, 0.5) is 4.79 Å². The Morgan fingerprint density at radius 1 is 1.24 bits per heavy atom. The van der Waals surface area contributed by atoms with Gasteiger partial charge in [0.2, 0.25) is 5.91 Å². The molecule has 0 radical (unpaired) electrons. The lowest BCUT2D eigenvalue weighted by molar-refractivity contribution is -0.136. The maximum atomic E-state index is 13.5. The van der Waals surface area contributed by atoms with Crippen molar-refractivity contribution in [2.24, 2.45) is 0 Å². The second-order valence-corrected chi connectivity index (χ2v) is 10.9. The van der Waals surface area contributed by atoms with E-state index < -0.39 is 23.8 Å². The van der Waals surface area contributed by atoms with Gasteiger partial charge in [0.05, 0.1) is 12.1 Å². The summed E-state index contributed by atoms with van der Waals surface area (Å²) in [5.41, 5.74) is 1.12. The summed E-state index contributed by atoms with van der Waals surface area (Å²) in [4.78, 5) is 29.9. The molecular weight excluding hydrogens is 474 g/mol. The van der Waals surface area contributed by atoms with Crippen LogP contribution in [0.15, 0.2) is 18.2 Å². The van der Waals surface area contributed by atoms with Gasteiger partial charge in [0, 0.05) is 12.1 Å². The summed E-state index contributed by atoms with van der Waals surface area (Å²) in [7, 11) is 0. The van der Waals surface area contributed by atoms with Crippen molar-refractivity contribution in [2.75, 3.05) is 13.2 Å². The Balaban J connectivity index is 1.54. The van der Waals surface area contributed by atoms with Gasteiger partial charge in [0.25, 0.3) is 0 Å². The van der Waals surface area contributed by atoms with Crippen LogP contribution in [-0.2, 0) is 9.53 Å². The molecule has 0 spiro atoms. The third-order valence-electron chi connectivity index (χ3n) is 6.76. The molecule has 2 saturated heterocycles. The van der Waals surface area contributed by atoms with Crippen LogP contribution in [0, 0.1) is 11.3 Å². The molecule has 1 unspecified atom stereocenters. The minimum Gasteiger partial charge on any atom is -0.491 e. The Morgan fingerprint density at radius 3 is 2.68 bits per heavy atom. The lowest BCUT2D eigenvalue weighted by Gasteiger charge is -2.34. The van der Waals surface area contributed by atoms with Gasteiger partial charge in [-0.1, -0.05) is 13.8 Å². The van der Waals surface area contributed by atoms with Crippen molar-refractivity contribution < 1.29 is 19.1 Å². The number of nitrogens with one attached hydrogen (secondary N) is 1. The van der Waals surface area contributed by atoms with Gasteiger partial charge in [-0.2, -0.15) is 5.26 Å². The number of amides is 2. The minimum absolute atomic E-state index is 0.170. The molecule has 1 aromatic carbocycles. The molecule has 2 aromatic rings. The smallest absolute Gasteiger partial charge is 0.411 e. The number of hydrogen-bond donors (Lipinski definition) is 1. The zero-order chi connectivity index (χ0) is 26.7. The third-order valence-corrected chi connectivity index (χ3v) is 6.76. The van der Waals surface area contributed by atoms with Crippen molar-refractivity contribution in [1.29, 1.82) is 5.26 Å². The van der Waals surface area contributed by atoms with E-state index in [-0.39, 0.29) is 24.5 Å². The predicted octanol–water partition coefficient (Wildman–Crippen LogP) is 3.65. The molecule has 1 aromatic heterocycles.